The van der Waals surface area contributed by atoms with Gasteiger partial charge in [0.05, 0.1) is 0 Å². The van der Waals surface area contributed by atoms with E-state index < -0.39 is 5.60 Å². The van der Waals surface area contributed by atoms with Crippen LogP contribution >= 0.6 is 11.6 Å². The van der Waals surface area contributed by atoms with Gasteiger partial charge >= 0.3 is 5.97 Å². The van der Waals surface area contributed by atoms with Crippen LogP contribution in [0.3, 0.4) is 0 Å². The highest BCUT2D eigenvalue weighted by atomic mass is 35.5. The highest BCUT2D eigenvalue weighted by Gasteiger charge is 2.42. The first-order valence-corrected chi connectivity index (χ1v) is 8.12. The molecule has 0 saturated carbocycles. The SMILES string of the molecule is CC(C)(C)OC(=O)C1CC2(C=Cc3ccc(Cl)cc32)CCN1. The third-order valence-electron chi connectivity index (χ3n) is 4.36. The molecule has 1 aliphatic heterocycles. The molecule has 0 amide bonds. The second-order valence-electron chi connectivity index (χ2n) is 7.22. The van der Waals surface area contributed by atoms with Crippen LogP contribution in [0.2, 0.25) is 5.02 Å². The van der Waals surface area contributed by atoms with Gasteiger partial charge in [-0.3, -0.25) is 4.79 Å². The topological polar surface area (TPSA) is 38.3 Å². The Balaban J connectivity index is 1.84. The number of ether oxygens (including phenoxy) is 1. The predicted molar refractivity (Wildman–Crippen MR) is 89.0 cm³/mol. The van der Waals surface area contributed by atoms with Crippen LogP contribution in [0.15, 0.2) is 24.3 Å². The second-order valence-corrected chi connectivity index (χ2v) is 7.65. The molecule has 0 radical (unpaired) electrons. The summed E-state index contributed by atoms with van der Waals surface area (Å²) in [6.07, 6.45) is 6.05. The van der Waals surface area contributed by atoms with Crippen LogP contribution in [0.1, 0.15) is 44.7 Å². The number of hydrogen-bond donors (Lipinski definition) is 1. The van der Waals surface area contributed by atoms with E-state index >= 15 is 0 Å². The fourth-order valence-corrected chi connectivity index (χ4v) is 3.56. The van der Waals surface area contributed by atoms with Gasteiger partial charge in [0.1, 0.15) is 11.6 Å². The number of esters is 1. The number of carbonyl (C=O) groups excluding carboxylic acids is 1. The number of carbonyl (C=O) groups is 1. The van der Waals surface area contributed by atoms with Crippen LogP contribution < -0.4 is 5.32 Å². The Morgan fingerprint density at radius 1 is 1.41 bits per heavy atom. The van der Waals surface area contributed by atoms with Crippen molar-refractivity contribution < 1.29 is 9.53 Å². The lowest BCUT2D eigenvalue weighted by Gasteiger charge is -2.38. The van der Waals surface area contributed by atoms with Gasteiger partial charge in [0.25, 0.3) is 0 Å². The number of rotatable bonds is 1. The molecule has 0 bridgehead atoms. The number of piperidine rings is 1. The number of fused-ring (bicyclic) bond motifs is 2. The maximum atomic E-state index is 12.4. The van der Waals surface area contributed by atoms with E-state index in [1.165, 1.54) is 11.1 Å². The Morgan fingerprint density at radius 3 is 2.91 bits per heavy atom. The average Bonchev–Trinajstić information content (AvgIpc) is 2.75. The van der Waals surface area contributed by atoms with Gasteiger partial charge in [0.2, 0.25) is 0 Å². The van der Waals surface area contributed by atoms with Crippen molar-refractivity contribution in [2.75, 3.05) is 6.54 Å². The van der Waals surface area contributed by atoms with Crippen molar-refractivity contribution in [2.24, 2.45) is 0 Å². The lowest BCUT2D eigenvalue weighted by Crippen LogP contribution is -2.50. The molecule has 1 fully saturated rings. The minimum absolute atomic E-state index is 0.104. The normalized spacial score (nSPS) is 27.0. The number of hydrogen-bond acceptors (Lipinski definition) is 3. The van der Waals surface area contributed by atoms with Crippen molar-refractivity contribution >= 4 is 23.6 Å². The molecule has 4 heteroatoms. The molecule has 118 valence electrons. The average molecular weight is 320 g/mol. The summed E-state index contributed by atoms with van der Waals surface area (Å²) in [5.74, 6) is -0.171. The number of allylic oxidation sites excluding steroid dienone is 1. The fraction of sp³-hybridized carbons (Fsp3) is 0.500. The van der Waals surface area contributed by atoms with Gasteiger partial charge in [0.15, 0.2) is 0 Å². The predicted octanol–water partition coefficient (Wildman–Crippen LogP) is 3.70. The van der Waals surface area contributed by atoms with Crippen molar-refractivity contribution in [2.45, 2.75) is 50.7 Å². The Hall–Kier alpha value is -1.32. The summed E-state index contributed by atoms with van der Waals surface area (Å²) in [5.41, 5.74) is 1.87. The van der Waals surface area contributed by atoms with Crippen molar-refractivity contribution in [1.29, 1.82) is 0 Å². The zero-order valence-corrected chi connectivity index (χ0v) is 14.0. The van der Waals surface area contributed by atoms with Gasteiger partial charge in [-0.1, -0.05) is 29.8 Å². The summed E-state index contributed by atoms with van der Waals surface area (Å²) >= 11 is 6.18. The van der Waals surface area contributed by atoms with Crippen LogP contribution in [0, 0.1) is 0 Å². The summed E-state index contributed by atoms with van der Waals surface area (Å²) in [5, 5.41) is 4.04. The van der Waals surface area contributed by atoms with Crippen molar-refractivity contribution in [1.82, 2.24) is 5.32 Å². The fourth-order valence-electron chi connectivity index (χ4n) is 3.39. The minimum atomic E-state index is -0.462. The molecule has 3 nitrogen and oxygen atoms in total. The van der Waals surface area contributed by atoms with Crippen LogP contribution in [-0.4, -0.2) is 24.2 Å². The molecular weight excluding hydrogens is 298 g/mol. The third-order valence-corrected chi connectivity index (χ3v) is 4.59. The molecule has 1 aliphatic carbocycles. The molecule has 1 N–H and O–H groups in total. The van der Waals surface area contributed by atoms with Crippen LogP contribution in [0.25, 0.3) is 6.08 Å². The molecule has 2 unspecified atom stereocenters. The first-order valence-electron chi connectivity index (χ1n) is 7.75. The van der Waals surface area contributed by atoms with Crippen LogP contribution in [0.4, 0.5) is 0 Å². The zero-order valence-electron chi connectivity index (χ0n) is 13.3. The second kappa shape index (κ2) is 5.39. The Labute approximate surface area is 136 Å². The lowest BCUT2D eigenvalue weighted by molar-refractivity contribution is -0.158. The standard InChI is InChI=1S/C18H22ClNO2/c1-17(2,3)22-16(21)15-11-18(8-9-20-15)7-6-12-4-5-13(19)10-14(12)18/h4-7,10,15,20H,8-9,11H2,1-3H3. The maximum Gasteiger partial charge on any atom is 0.323 e. The molecule has 22 heavy (non-hydrogen) atoms. The van der Waals surface area contributed by atoms with Gasteiger partial charge in [-0.2, -0.15) is 0 Å². The van der Waals surface area contributed by atoms with E-state index in [4.69, 9.17) is 16.3 Å². The van der Waals surface area contributed by atoms with E-state index in [-0.39, 0.29) is 17.4 Å². The number of benzene rings is 1. The largest absolute Gasteiger partial charge is 0.459 e. The molecule has 1 aromatic rings. The first kappa shape index (κ1) is 15.6. The maximum absolute atomic E-state index is 12.4. The molecule has 1 aromatic carbocycles. The molecule has 3 rings (SSSR count). The van der Waals surface area contributed by atoms with Gasteiger partial charge in [-0.05, 0) is 63.4 Å². The van der Waals surface area contributed by atoms with E-state index in [1.54, 1.807) is 0 Å². The number of nitrogens with one attached hydrogen (secondary N) is 1. The smallest absolute Gasteiger partial charge is 0.323 e. The highest BCUT2D eigenvalue weighted by molar-refractivity contribution is 6.30. The Bertz CT molecular complexity index is 632. The summed E-state index contributed by atoms with van der Waals surface area (Å²) in [6.45, 7) is 6.48. The van der Waals surface area contributed by atoms with Gasteiger partial charge < -0.3 is 10.1 Å². The molecule has 1 heterocycles. The molecule has 2 aliphatic rings. The summed E-state index contributed by atoms with van der Waals surface area (Å²) in [6, 6.07) is 5.72. The van der Waals surface area contributed by atoms with E-state index in [9.17, 15) is 4.79 Å². The third kappa shape index (κ3) is 2.92. The Kier molecular flexibility index (Phi) is 3.82. The lowest BCUT2D eigenvalue weighted by atomic mass is 9.72. The van der Waals surface area contributed by atoms with Crippen molar-refractivity contribution in [3.63, 3.8) is 0 Å². The van der Waals surface area contributed by atoms with E-state index in [0.717, 1.165) is 18.0 Å². The summed E-state index contributed by atoms with van der Waals surface area (Å²) in [7, 11) is 0. The zero-order chi connectivity index (χ0) is 16.0. The quantitative estimate of drug-likeness (QED) is 0.802. The van der Waals surface area contributed by atoms with Gasteiger partial charge in [0, 0.05) is 10.4 Å². The van der Waals surface area contributed by atoms with Crippen LogP contribution in [-0.2, 0) is 14.9 Å². The van der Waals surface area contributed by atoms with Crippen LogP contribution in [0.5, 0.6) is 0 Å². The van der Waals surface area contributed by atoms with Gasteiger partial charge in [-0.15, -0.1) is 0 Å². The van der Waals surface area contributed by atoms with E-state index in [0.29, 0.717) is 6.42 Å². The molecular formula is C18H22ClNO2. The van der Waals surface area contributed by atoms with E-state index in [2.05, 4.69) is 17.5 Å². The molecule has 0 aromatic heterocycles. The summed E-state index contributed by atoms with van der Waals surface area (Å²) < 4.78 is 5.54. The monoisotopic (exact) mass is 319 g/mol. The van der Waals surface area contributed by atoms with Crippen molar-refractivity contribution in [3.8, 4) is 0 Å². The minimum Gasteiger partial charge on any atom is -0.459 e. The van der Waals surface area contributed by atoms with Crippen molar-refractivity contribution in [3.05, 3.63) is 40.4 Å². The first-order chi connectivity index (χ1) is 10.3. The Morgan fingerprint density at radius 2 is 2.18 bits per heavy atom. The highest BCUT2D eigenvalue weighted by Crippen LogP contribution is 2.44. The summed E-state index contributed by atoms with van der Waals surface area (Å²) in [4.78, 5) is 12.4. The molecule has 1 saturated heterocycles. The van der Waals surface area contributed by atoms with Gasteiger partial charge in [-0.25, -0.2) is 0 Å². The molecule has 1 spiro atoms. The number of halogens is 1. The molecule has 2 atom stereocenters. The van der Waals surface area contributed by atoms with E-state index in [1.807, 2.05) is 39.0 Å².